The fourth-order valence-electron chi connectivity index (χ4n) is 2.20. The maximum Gasteiger partial charge on any atom is 0.129 e. The average molecular weight is 249 g/mol. The Morgan fingerprint density at radius 3 is 2.79 bits per heavy atom. The molecule has 0 unspecified atom stereocenters. The summed E-state index contributed by atoms with van der Waals surface area (Å²) in [5.41, 5.74) is 2.91. The van der Waals surface area contributed by atoms with Gasteiger partial charge in [-0.1, -0.05) is 12.1 Å². The highest BCUT2D eigenvalue weighted by atomic mass is 16.5. The van der Waals surface area contributed by atoms with Crippen LogP contribution in [-0.2, 0) is 0 Å². The molecule has 0 saturated carbocycles. The van der Waals surface area contributed by atoms with Crippen LogP contribution in [0.4, 0.5) is 0 Å². The van der Waals surface area contributed by atoms with E-state index in [4.69, 9.17) is 4.74 Å². The molecule has 19 heavy (non-hydrogen) atoms. The quantitative estimate of drug-likeness (QED) is 0.759. The number of nitrogens with zero attached hydrogens (tertiary/aromatic N) is 2. The van der Waals surface area contributed by atoms with Crippen molar-refractivity contribution in [2.75, 3.05) is 7.11 Å². The normalized spacial score (nSPS) is 10.3. The highest BCUT2D eigenvalue weighted by Crippen LogP contribution is 2.34. The van der Waals surface area contributed by atoms with Gasteiger partial charge in [-0.05, 0) is 24.3 Å². The Bertz CT molecular complexity index is 769. The van der Waals surface area contributed by atoms with Crippen molar-refractivity contribution in [3.63, 3.8) is 0 Å². The second-order valence-corrected chi connectivity index (χ2v) is 4.08. The zero-order valence-corrected chi connectivity index (χ0v) is 10.3. The van der Waals surface area contributed by atoms with Crippen LogP contribution in [0.15, 0.2) is 42.6 Å². The Hall–Kier alpha value is -2.80. The Morgan fingerprint density at radius 2 is 2.11 bits per heavy atom. The van der Waals surface area contributed by atoms with Crippen molar-refractivity contribution in [3.8, 4) is 23.2 Å². The van der Waals surface area contributed by atoms with E-state index < -0.39 is 0 Å². The Balaban J connectivity index is 2.37. The molecule has 4 nitrogen and oxygen atoms in total. The lowest BCUT2D eigenvalue weighted by Crippen LogP contribution is -1.86. The summed E-state index contributed by atoms with van der Waals surface area (Å²) in [7, 11) is 1.60. The van der Waals surface area contributed by atoms with Crippen molar-refractivity contribution in [2.24, 2.45) is 0 Å². The maximum absolute atomic E-state index is 9.43. The van der Waals surface area contributed by atoms with Gasteiger partial charge in [0.25, 0.3) is 0 Å². The van der Waals surface area contributed by atoms with E-state index in [2.05, 4.69) is 16.0 Å². The van der Waals surface area contributed by atoms with Gasteiger partial charge in [-0.15, -0.1) is 0 Å². The number of nitriles is 1. The average Bonchev–Trinajstić information content (AvgIpc) is 2.86. The van der Waals surface area contributed by atoms with Crippen molar-refractivity contribution < 1.29 is 4.74 Å². The molecule has 0 fully saturated rings. The molecule has 0 radical (unpaired) electrons. The fourth-order valence-corrected chi connectivity index (χ4v) is 2.20. The standard InChI is InChI=1S/C15H11N3O/c1-19-13-7-4-6-11-14(13)10(9-16)15(18-11)12-5-2-3-8-17-12/h2-8,18H,1H3. The zero-order valence-electron chi connectivity index (χ0n) is 10.3. The van der Waals surface area contributed by atoms with Gasteiger partial charge in [0.05, 0.1) is 35.0 Å². The predicted octanol–water partition coefficient (Wildman–Crippen LogP) is 3.11. The molecule has 0 aliphatic heterocycles. The van der Waals surface area contributed by atoms with Crippen molar-refractivity contribution in [1.82, 2.24) is 9.97 Å². The van der Waals surface area contributed by atoms with Crippen molar-refractivity contribution in [3.05, 3.63) is 48.2 Å². The molecule has 0 bridgehead atoms. The lowest BCUT2D eigenvalue weighted by Gasteiger charge is -2.01. The van der Waals surface area contributed by atoms with Gasteiger partial charge in [0.15, 0.2) is 0 Å². The number of hydrogen-bond donors (Lipinski definition) is 1. The third-order valence-corrected chi connectivity index (χ3v) is 3.04. The minimum atomic E-state index is 0.561. The molecule has 1 aromatic carbocycles. The molecule has 3 rings (SSSR count). The molecule has 4 heteroatoms. The monoisotopic (exact) mass is 249 g/mol. The summed E-state index contributed by atoms with van der Waals surface area (Å²) >= 11 is 0. The number of hydrogen-bond acceptors (Lipinski definition) is 3. The lowest BCUT2D eigenvalue weighted by atomic mass is 10.1. The molecule has 3 aromatic rings. The third kappa shape index (κ3) is 1.72. The molecule has 92 valence electrons. The first kappa shape index (κ1) is 11.3. The first-order valence-electron chi connectivity index (χ1n) is 5.85. The minimum Gasteiger partial charge on any atom is -0.496 e. The number of rotatable bonds is 2. The molecule has 0 atom stereocenters. The van der Waals surface area contributed by atoms with Crippen molar-refractivity contribution >= 4 is 10.9 Å². The molecular formula is C15H11N3O. The van der Waals surface area contributed by atoms with Crippen LogP contribution in [-0.4, -0.2) is 17.1 Å². The molecule has 2 heterocycles. The number of H-pyrrole nitrogens is 1. The highest BCUT2D eigenvalue weighted by molar-refractivity contribution is 5.97. The van der Waals surface area contributed by atoms with E-state index in [0.29, 0.717) is 11.3 Å². The van der Waals surface area contributed by atoms with Gasteiger partial charge in [0.2, 0.25) is 0 Å². The lowest BCUT2D eigenvalue weighted by molar-refractivity contribution is 0.420. The summed E-state index contributed by atoms with van der Waals surface area (Å²) in [6, 6.07) is 13.5. The summed E-state index contributed by atoms with van der Waals surface area (Å²) in [4.78, 5) is 7.53. The van der Waals surface area contributed by atoms with E-state index in [1.807, 2.05) is 36.4 Å². The molecule has 1 N–H and O–H groups in total. The van der Waals surface area contributed by atoms with E-state index in [1.54, 1.807) is 13.3 Å². The Kier molecular flexibility index (Phi) is 2.66. The molecule has 2 aromatic heterocycles. The van der Waals surface area contributed by atoms with Gasteiger partial charge in [0.1, 0.15) is 11.8 Å². The van der Waals surface area contributed by atoms with Crippen LogP contribution in [0.2, 0.25) is 0 Å². The van der Waals surface area contributed by atoms with Gasteiger partial charge >= 0.3 is 0 Å². The van der Waals surface area contributed by atoms with Gasteiger partial charge in [-0.2, -0.15) is 5.26 Å². The summed E-state index contributed by atoms with van der Waals surface area (Å²) in [5.74, 6) is 0.687. The predicted molar refractivity (Wildman–Crippen MR) is 72.8 cm³/mol. The van der Waals surface area contributed by atoms with Crippen LogP contribution in [0.1, 0.15) is 5.56 Å². The van der Waals surface area contributed by atoms with Gasteiger partial charge < -0.3 is 9.72 Å². The third-order valence-electron chi connectivity index (χ3n) is 3.04. The maximum atomic E-state index is 9.43. The molecule has 0 saturated heterocycles. The van der Waals surface area contributed by atoms with Crippen LogP contribution in [0.3, 0.4) is 0 Å². The number of fused-ring (bicyclic) bond motifs is 1. The molecule has 0 aliphatic rings. The van der Waals surface area contributed by atoms with E-state index in [9.17, 15) is 5.26 Å². The van der Waals surface area contributed by atoms with E-state index in [0.717, 1.165) is 22.3 Å². The fraction of sp³-hybridized carbons (Fsp3) is 0.0667. The van der Waals surface area contributed by atoms with Gasteiger partial charge in [0, 0.05) is 6.20 Å². The number of aromatic nitrogens is 2. The van der Waals surface area contributed by atoms with Crippen LogP contribution in [0.25, 0.3) is 22.3 Å². The van der Waals surface area contributed by atoms with Crippen LogP contribution >= 0.6 is 0 Å². The van der Waals surface area contributed by atoms with Crippen molar-refractivity contribution in [2.45, 2.75) is 0 Å². The number of ether oxygens (including phenoxy) is 1. The molecule has 0 amide bonds. The van der Waals surface area contributed by atoms with E-state index in [1.165, 1.54) is 0 Å². The smallest absolute Gasteiger partial charge is 0.129 e. The van der Waals surface area contributed by atoms with Gasteiger partial charge in [-0.25, -0.2) is 0 Å². The van der Waals surface area contributed by atoms with Crippen LogP contribution < -0.4 is 4.74 Å². The highest BCUT2D eigenvalue weighted by Gasteiger charge is 2.16. The summed E-state index contributed by atoms with van der Waals surface area (Å²) in [5, 5.41) is 10.2. The zero-order chi connectivity index (χ0) is 13.2. The molecular weight excluding hydrogens is 238 g/mol. The number of methoxy groups -OCH3 is 1. The first-order valence-corrected chi connectivity index (χ1v) is 5.85. The summed E-state index contributed by atoms with van der Waals surface area (Å²) < 4.78 is 5.33. The van der Waals surface area contributed by atoms with E-state index >= 15 is 0 Å². The second-order valence-electron chi connectivity index (χ2n) is 4.08. The Labute approximate surface area is 110 Å². The topological polar surface area (TPSA) is 61.7 Å². The SMILES string of the molecule is COc1cccc2[nH]c(-c3ccccn3)c(C#N)c12. The van der Waals surface area contributed by atoms with Crippen LogP contribution in [0, 0.1) is 11.3 Å². The number of benzene rings is 1. The number of nitrogens with one attached hydrogen (secondary N) is 1. The van der Waals surface area contributed by atoms with E-state index in [-0.39, 0.29) is 0 Å². The second kappa shape index (κ2) is 4.46. The van der Waals surface area contributed by atoms with Gasteiger partial charge in [-0.3, -0.25) is 4.98 Å². The molecule has 0 aliphatic carbocycles. The molecule has 0 spiro atoms. The number of aromatic amines is 1. The van der Waals surface area contributed by atoms with Crippen LogP contribution in [0.5, 0.6) is 5.75 Å². The summed E-state index contributed by atoms with van der Waals surface area (Å²) in [6.45, 7) is 0. The van der Waals surface area contributed by atoms with Crippen molar-refractivity contribution in [1.29, 1.82) is 5.26 Å². The number of pyridine rings is 1. The first-order chi connectivity index (χ1) is 9.35. The summed E-state index contributed by atoms with van der Waals surface area (Å²) in [6.07, 6.45) is 1.71. The Morgan fingerprint density at radius 1 is 1.21 bits per heavy atom. The minimum absolute atomic E-state index is 0.561. The largest absolute Gasteiger partial charge is 0.496 e.